The van der Waals surface area contributed by atoms with Crippen molar-refractivity contribution in [2.24, 2.45) is 0 Å². The molecule has 2 heterocycles. The largest absolute Gasteiger partial charge is 0.370 e. The van der Waals surface area contributed by atoms with Crippen molar-refractivity contribution < 1.29 is 0 Å². The van der Waals surface area contributed by atoms with Gasteiger partial charge >= 0.3 is 0 Å². The number of aromatic nitrogens is 2. The van der Waals surface area contributed by atoms with E-state index in [-0.39, 0.29) is 0 Å². The quantitative estimate of drug-likeness (QED) is 0.853. The molecule has 0 amide bonds. The average molecular weight is 289 g/mol. The lowest BCUT2D eigenvalue weighted by atomic mass is 10.2. The molecule has 6 heteroatoms. The Kier molecular flexibility index (Phi) is 4.65. The fraction of sp³-hybridized carbons (Fsp3) is 0.667. The highest BCUT2D eigenvalue weighted by Crippen LogP contribution is 2.26. The molecule has 0 aromatic carbocycles. The van der Waals surface area contributed by atoms with Crippen LogP contribution in [0.2, 0.25) is 10.3 Å². The van der Waals surface area contributed by atoms with E-state index in [4.69, 9.17) is 23.2 Å². The van der Waals surface area contributed by atoms with Crippen molar-refractivity contribution in [2.45, 2.75) is 25.8 Å². The van der Waals surface area contributed by atoms with Gasteiger partial charge in [-0.2, -0.15) is 0 Å². The summed E-state index contributed by atoms with van der Waals surface area (Å²) in [5.74, 6) is 0. The third-order valence-electron chi connectivity index (χ3n) is 3.50. The van der Waals surface area contributed by atoms with Gasteiger partial charge in [0, 0.05) is 25.7 Å². The van der Waals surface area contributed by atoms with Crippen LogP contribution in [-0.2, 0) is 0 Å². The SMILES string of the molecule is CCN1CCCC1CN(C)c1cc(Cl)nnc1Cl. The summed E-state index contributed by atoms with van der Waals surface area (Å²) >= 11 is 11.9. The first kappa shape index (κ1) is 13.8. The van der Waals surface area contributed by atoms with Gasteiger partial charge in [0.15, 0.2) is 10.3 Å². The molecule has 1 saturated heterocycles. The normalized spacial score (nSPS) is 20.3. The van der Waals surface area contributed by atoms with Gasteiger partial charge in [-0.1, -0.05) is 30.1 Å². The van der Waals surface area contributed by atoms with Crippen molar-refractivity contribution in [1.82, 2.24) is 15.1 Å². The standard InChI is InChI=1S/C12H18Cl2N4/c1-3-18-6-4-5-9(18)8-17(2)10-7-11(13)15-16-12(10)14/h7,9H,3-6,8H2,1-2H3. The Morgan fingerprint density at radius 2 is 2.22 bits per heavy atom. The number of hydrogen-bond donors (Lipinski definition) is 0. The summed E-state index contributed by atoms with van der Waals surface area (Å²) in [5.41, 5.74) is 0.847. The van der Waals surface area contributed by atoms with E-state index in [9.17, 15) is 0 Å². The van der Waals surface area contributed by atoms with E-state index in [0.29, 0.717) is 16.3 Å². The zero-order chi connectivity index (χ0) is 13.1. The van der Waals surface area contributed by atoms with Crippen LogP contribution in [0.25, 0.3) is 0 Å². The topological polar surface area (TPSA) is 32.3 Å². The minimum Gasteiger partial charge on any atom is -0.370 e. The molecule has 0 radical (unpaired) electrons. The highest BCUT2D eigenvalue weighted by atomic mass is 35.5. The highest BCUT2D eigenvalue weighted by molar-refractivity contribution is 6.33. The van der Waals surface area contributed by atoms with Gasteiger partial charge in [0.25, 0.3) is 0 Å². The molecule has 1 aliphatic rings. The van der Waals surface area contributed by atoms with E-state index in [0.717, 1.165) is 18.8 Å². The summed E-state index contributed by atoms with van der Waals surface area (Å²) in [6.45, 7) is 5.44. The van der Waals surface area contributed by atoms with Crippen LogP contribution in [-0.4, -0.2) is 47.8 Å². The Labute approximate surface area is 118 Å². The lowest BCUT2D eigenvalue weighted by Crippen LogP contribution is -2.38. The van der Waals surface area contributed by atoms with Gasteiger partial charge in [0.05, 0.1) is 5.69 Å². The van der Waals surface area contributed by atoms with Crippen molar-refractivity contribution >= 4 is 28.9 Å². The van der Waals surface area contributed by atoms with Crippen LogP contribution in [0.4, 0.5) is 5.69 Å². The molecule has 4 nitrogen and oxygen atoms in total. The second-order valence-electron chi connectivity index (χ2n) is 4.65. The Morgan fingerprint density at radius 3 is 2.94 bits per heavy atom. The summed E-state index contributed by atoms with van der Waals surface area (Å²) in [4.78, 5) is 4.61. The van der Waals surface area contributed by atoms with Crippen LogP contribution >= 0.6 is 23.2 Å². The van der Waals surface area contributed by atoms with Crippen LogP contribution in [0.3, 0.4) is 0 Å². The van der Waals surface area contributed by atoms with Gasteiger partial charge in [0.2, 0.25) is 0 Å². The minimum absolute atomic E-state index is 0.375. The molecule has 0 spiro atoms. The Bertz CT molecular complexity index is 413. The molecular formula is C12H18Cl2N4. The molecule has 1 aromatic heterocycles. The van der Waals surface area contributed by atoms with Gasteiger partial charge in [-0.15, -0.1) is 10.2 Å². The average Bonchev–Trinajstić information content (AvgIpc) is 2.79. The summed E-state index contributed by atoms with van der Waals surface area (Å²) in [7, 11) is 2.02. The molecule has 1 unspecified atom stereocenters. The van der Waals surface area contributed by atoms with Crippen molar-refractivity contribution in [2.75, 3.05) is 31.6 Å². The van der Waals surface area contributed by atoms with Crippen LogP contribution in [0, 0.1) is 0 Å². The maximum atomic E-state index is 6.06. The van der Waals surface area contributed by atoms with Crippen molar-refractivity contribution in [3.63, 3.8) is 0 Å². The second kappa shape index (κ2) is 6.04. The summed E-state index contributed by atoms with van der Waals surface area (Å²) in [6, 6.07) is 2.35. The molecule has 100 valence electrons. The van der Waals surface area contributed by atoms with E-state index in [1.807, 2.05) is 7.05 Å². The zero-order valence-corrected chi connectivity index (χ0v) is 12.2. The third kappa shape index (κ3) is 3.05. The molecular weight excluding hydrogens is 271 g/mol. The summed E-state index contributed by atoms with van der Waals surface area (Å²) < 4.78 is 0. The van der Waals surface area contributed by atoms with E-state index in [1.165, 1.54) is 19.4 Å². The first-order chi connectivity index (χ1) is 8.61. The molecule has 0 saturated carbocycles. The lowest BCUT2D eigenvalue weighted by Gasteiger charge is -2.29. The van der Waals surface area contributed by atoms with Crippen LogP contribution in [0.1, 0.15) is 19.8 Å². The molecule has 1 aliphatic heterocycles. The molecule has 0 bridgehead atoms. The monoisotopic (exact) mass is 288 g/mol. The predicted molar refractivity (Wildman–Crippen MR) is 75.6 cm³/mol. The van der Waals surface area contributed by atoms with Gasteiger partial charge in [-0.05, 0) is 25.9 Å². The summed E-state index contributed by atoms with van der Waals surface area (Å²) in [5, 5.41) is 8.35. The number of rotatable bonds is 4. The number of hydrogen-bond acceptors (Lipinski definition) is 4. The first-order valence-corrected chi connectivity index (χ1v) is 7.01. The second-order valence-corrected chi connectivity index (χ2v) is 5.39. The van der Waals surface area contributed by atoms with Crippen LogP contribution in [0.15, 0.2) is 6.07 Å². The Hall–Kier alpha value is -0.580. The zero-order valence-electron chi connectivity index (χ0n) is 10.7. The van der Waals surface area contributed by atoms with Crippen LogP contribution < -0.4 is 4.90 Å². The number of anilines is 1. The van der Waals surface area contributed by atoms with Crippen molar-refractivity contribution in [3.05, 3.63) is 16.4 Å². The van der Waals surface area contributed by atoms with Gasteiger partial charge < -0.3 is 4.90 Å². The fourth-order valence-electron chi connectivity index (χ4n) is 2.54. The van der Waals surface area contributed by atoms with Gasteiger partial charge in [0.1, 0.15) is 0 Å². The molecule has 2 rings (SSSR count). The number of likely N-dealkylation sites (tertiary alicyclic amines) is 1. The van der Waals surface area contributed by atoms with Gasteiger partial charge in [-0.25, -0.2) is 0 Å². The van der Waals surface area contributed by atoms with Gasteiger partial charge in [-0.3, -0.25) is 4.90 Å². The number of nitrogens with zero attached hydrogens (tertiary/aromatic N) is 4. The smallest absolute Gasteiger partial charge is 0.175 e. The van der Waals surface area contributed by atoms with Crippen molar-refractivity contribution in [1.29, 1.82) is 0 Å². The minimum atomic E-state index is 0.375. The number of likely N-dealkylation sites (N-methyl/N-ethyl adjacent to an activating group) is 2. The van der Waals surface area contributed by atoms with E-state index in [1.54, 1.807) is 6.07 Å². The van der Waals surface area contributed by atoms with E-state index in [2.05, 4.69) is 26.9 Å². The molecule has 0 N–H and O–H groups in total. The Morgan fingerprint density at radius 1 is 1.44 bits per heavy atom. The van der Waals surface area contributed by atoms with Crippen LogP contribution in [0.5, 0.6) is 0 Å². The fourth-order valence-corrected chi connectivity index (χ4v) is 2.92. The summed E-state index contributed by atoms with van der Waals surface area (Å²) in [6.07, 6.45) is 2.51. The predicted octanol–water partition coefficient (Wildman–Crippen LogP) is 2.70. The first-order valence-electron chi connectivity index (χ1n) is 6.25. The maximum Gasteiger partial charge on any atom is 0.175 e. The molecule has 1 fully saturated rings. The number of halogens is 2. The van der Waals surface area contributed by atoms with E-state index < -0.39 is 0 Å². The van der Waals surface area contributed by atoms with Crippen molar-refractivity contribution in [3.8, 4) is 0 Å². The molecule has 1 atom stereocenters. The molecule has 18 heavy (non-hydrogen) atoms. The van der Waals surface area contributed by atoms with E-state index >= 15 is 0 Å². The maximum absolute atomic E-state index is 6.06. The molecule has 1 aromatic rings. The highest BCUT2D eigenvalue weighted by Gasteiger charge is 2.24. The third-order valence-corrected chi connectivity index (χ3v) is 3.96. The lowest BCUT2D eigenvalue weighted by molar-refractivity contribution is 0.270. The Balaban J connectivity index is 2.07. The molecule has 0 aliphatic carbocycles.